The minimum Gasteiger partial charge on any atom is -0.444 e. The summed E-state index contributed by atoms with van der Waals surface area (Å²) in [7, 11) is 0. The number of hydrogen-bond acceptors (Lipinski definition) is 5. The van der Waals surface area contributed by atoms with Crippen LogP contribution in [-0.4, -0.2) is 47.5 Å². The quantitative estimate of drug-likeness (QED) is 0.458. The summed E-state index contributed by atoms with van der Waals surface area (Å²) in [6.45, 7) is 14.0. The monoisotopic (exact) mass is 400 g/mol. The van der Waals surface area contributed by atoms with Crippen LogP contribution in [0, 0.1) is 11.8 Å². The number of amides is 4. The van der Waals surface area contributed by atoms with Gasteiger partial charge in [-0.3, -0.25) is 14.4 Å². The van der Waals surface area contributed by atoms with Gasteiger partial charge in [-0.1, -0.05) is 27.7 Å². The Morgan fingerprint density at radius 3 is 1.82 bits per heavy atom. The fraction of sp³-hybridized carbons (Fsp3) is 0.789. The number of primary amides is 1. The van der Waals surface area contributed by atoms with E-state index in [1.54, 1.807) is 34.6 Å². The molecular weight excluding hydrogens is 364 g/mol. The van der Waals surface area contributed by atoms with Crippen LogP contribution in [0.2, 0.25) is 0 Å². The SMILES string of the molecule is CC(C)C[C@H](NC(=O)OC(C)(C)C)C(=O)N[C@H](C(=O)N[C@H](C)C(N)=O)C(C)C. The van der Waals surface area contributed by atoms with Crippen molar-refractivity contribution >= 4 is 23.8 Å². The van der Waals surface area contributed by atoms with Gasteiger partial charge in [0.05, 0.1) is 0 Å². The van der Waals surface area contributed by atoms with Gasteiger partial charge in [-0.15, -0.1) is 0 Å². The van der Waals surface area contributed by atoms with Gasteiger partial charge < -0.3 is 26.4 Å². The van der Waals surface area contributed by atoms with Crippen LogP contribution >= 0.6 is 0 Å². The van der Waals surface area contributed by atoms with Crippen LogP contribution in [0.15, 0.2) is 0 Å². The molecule has 0 aliphatic rings. The van der Waals surface area contributed by atoms with Crippen molar-refractivity contribution in [2.24, 2.45) is 17.6 Å². The lowest BCUT2D eigenvalue weighted by molar-refractivity contribution is -0.132. The summed E-state index contributed by atoms with van der Waals surface area (Å²) in [6.07, 6.45) is -0.337. The third-order valence-corrected chi connectivity index (χ3v) is 3.75. The number of nitrogens with two attached hydrogens (primary N) is 1. The third kappa shape index (κ3) is 10.1. The molecule has 0 radical (unpaired) electrons. The molecule has 0 aromatic rings. The molecule has 0 heterocycles. The number of hydrogen-bond donors (Lipinski definition) is 4. The molecule has 4 amide bonds. The van der Waals surface area contributed by atoms with E-state index in [2.05, 4.69) is 16.0 Å². The Hall–Kier alpha value is -2.32. The van der Waals surface area contributed by atoms with E-state index in [0.717, 1.165) is 0 Å². The van der Waals surface area contributed by atoms with E-state index >= 15 is 0 Å². The zero-order valence-electron chi connectivity index (χ0n) is 18.2. The highest BCUT2D eigenvalue weighted by molar-refractivity contribution is 5.93. The zero-order valence-corrected chi connectivity index (χ0v) is 18.2. The Bertz CT molecular complexity index is 569. The predicted molar refractivity (Wildman–Crippen MR) is 106 cm³/mol. The van der Waals surface area contributed by atoms with E-state index in [4.69, 9.17) is 10.5 Å². The summed E-state index contributed by atoms with van der Waals surface area (Å²) in [5, 5.41) is 7.71. The lowest BCUT2D eigenvalue weighted by Crippen LogP contribution is -2.57. The Balaban J connectivity index is 5.24. The maximum Gasteiger partial charge on any atom is 0.408 e. The molecule has 5 N–H and O–H groups in total. The molecule has 0 rings (SSSR count). The molecule has 162 valence electrons. The third-order valence-electron chi connectivity index (χ3n) is 3.75. The summed E-state index contributed by atoms with van der Waals surface area (Å²) in [5.74, 6) is -1.82. The predicted octanol–water partition coefficient (Wildman–Crippen LogP) is 1.06. The first-order chi connectivity index (χ1) is 12.6. The number of ether oxygens (including phenoxy) is 1. The van der Waals surface area contributed by atoms with Crippen molar-refractivity contribution in [1.82, 2.24) is 16.0 Å². The van der Waals surface area contributed by atoms with Crippen molar-refractivity contribution in [3.8, 4) is 0 Å². The molecule has 9 heteroatoms. The molecular formula is C19H36N4O5. The summed E-state index contributed by atoms with van der Waals surface area (Å²) in [4.78, 5) is 48.5. The van der Waals surface area contributed by atoms with Gasteiger partial charge in [-0.2, -0.15) is 0 Å². The van der Waals surface area contributed by atoms with Crippen LogP contribution in [0.25, 0.3) is 0 Å². The summed E-state index contributed by atoms with van der Waals surface area (Å²) in [6, 6.07) is -2.61. The first-order valence-corrected chi connectivity index (χ1v) is 9.53. The molecule has 0 spiro atoms. The molecule has 0 fully saturated rings. The fourth-order valence-electron chi connectivity index (χ4n) is 2.32. The van der Waals surface area contributed by atoms with Gasteiger partial charge in [0.15, 0.2) is 0 Å². The second kappa shape index (κ2) is 10.9. The van der Waals surface area contributed by atoms with Gasteiger partial charge in [-0.25, -0.2) is 4.79 Å². The topological polar surface area (TPSA) is 140 Å². The van der Waals surface area contributed by atoms with Crippen molar-refractivity contribution in [2.75, 3.05) is 0 Å². The number of rotatable bonds is 9. The van der Waals surface area contributed by atoms with Crippen molar-refractivity contribution in [1.29, 1.82) is 0 Å². The summed E-state index contributed by atoms with van der Waals surface area (Å²) >= 11 is 0. The standard InChI is InChI=1S/C19H36N4O5/c1-10(2)9-13(22-18(27)28-19(6,7)8)16(25)23-14(11(3)4)17(26)21-12(5)15(20)24/h10-14H,9H2,1-8H3,(H2,20,24)(H,21,26)(H,22,27)(H,23,25)/t12-,13+,14+/m1/s1. The van der Waals surface area contributed by atoms with Gasteiger partial charge in [0.25, 0.3) is 0 Å². The van der Waals surface area contributed by atoms with E-state index in [9.17, 15) is 19.2 Å². The van der Waals surface area contributed by atoms with Gasteiger partial charge in [0.2, 0.25) is 17.7 Å². The molecule has 9 nitrogen and oxygen atoms in total. The maximum absolute atomic E-state index is 12.8. The number of carbonyl (C=O) groups excluding carboxylic acids is 4. The van der Waals surface area contributed by atoms with Crippen LogP contribution in [0.5, 0.6) is 0 Å². The Labute approximate surface area is 167 Å². The molecule has 0 aliphatic carbocycles. The lowest BCUT2D eigenvalue weighted by Gasteiger charge is -2.27. The van der Waals surface area contributed by atoms with Gasteiger partial charge in [0.1, 0.15) is 23.7 Å². The second-order valence-electron chi connectivity index (χ2n) is 8.69. The molecule has 0 aliphatic heterocycles. The molecule has 0 bridgehead atoms. The molecule has 0 saturated carbocycles. The Morgan fingerprint density at radius 1 is 0.893 bits per heavy atom. The van der Waals surface area contributed by atoms with Crippen LogP contribution in [-0.2, 0) is 19.1 Å². The maximum atomic E-state index is 12.8. The minimum absolute atomic E-state index is 0.117. The fourth-order valence-corrected chi connectivity index (χ4v) is 2.32. The van der Waals surface area contributed by atoms with Crippen LogP contribution in [0.3, 0.4) is 0 Å². The van der Waals surface area contributed by atoms with Gasteiger partial charge >= 0.3 is 6.09 Å². The Kier molecular flexibility index (Phi) is 9.97. The molecule has 28 heavy (non-hydrogen) atoms. The average molecular weight is 401 g/mol. The van der Waals surface area contributed by atoms with E-state index in [-0.39, 0.29) is 11.8 Å². The molecule has 0 aromatic heterocycles. The van der Waals surface area contributed by atoms with Gasteiger partial charge in [-0.05, 0) is 46.0 Å². The largest absolute Gasteiger partial charge is 0.444 e. The first kappa shape index (κ1) is 25.7. The number of carbonyl (C=O) groups is 4. The van der Waals surface area contributed by atoms with Crippen molar-refractivity contribution < 1.29 is 23.9 Å². The smallest absolute Gasteiger partial charge is 0.408 e. The average Bonchev–Trinajstić information content (AvgIpc) is 2.48. The Morgan fingerprint density at radius 2 is 1.43 bits per heavy atom. The molecule has 3 atom stereocenters. The molecule has 0 unspecified atom stereocenters. The highest BCUT2D eigenvalue weighted by Gasteiger charge is 2.31. The summed E-state index contributed by atoms with van der Waals surface area (Å²) < 4.78 is 5.22. The van der Waals surface area contributed by atoms with Crippen molar-refractivity contribution in [3.05, 3.63) is 0 Å². The van der Waals surface area contributed by atoms with Crippen molar-refractivity contribution in [2.45, 2.75) is 85.5 Å². The minimum atomic E-state index is -0.885. The van der Waals surface area contributed by atoms with E-state index in [1.807, 2.05) is 13.8 Å². The molecule has 0 aromatic carbocycles. The highest BCUT2D eigenvalue weighted by Crippen LogP contribution is 2.11. The second-order valence-corrected chi connectivity index (χ2v) is 8.69. The molecule has 0 saturated heterocycles. The van der Waals surface area contributed by atoms with Gasteiger partial charge in [0, 0.05) is 0 Å². The number of alkyl carbamates (subject to hydrolysis) is 1. The van der Waals surface area contributed by atoms with E-state index in [0.29, 0.717) is 6.42 Å². The normalized spacial score (nSPS) is 14.8. The number of nitrogens with one attached hydrogen (secondary N) is 3. The lowest BCUT2D eigenvalue weighted by atomic mass is 10.00. The van der Waals surface area contributed by atoms with Crippen LogP contribution < -0.4 is 21.7 Å². The summed E-state index contributed by atoms with van der Waals surface area (Å²) in [5.41, 5.74) is 4.47. The highest BCUT2D eigenvalue weighted by atomic mass is 16.6. The zero-order chi connectivity index (χ0) is 22.2. The van der Waals surface area contributed by atoms with Crippen LogP contribution in [0.1, 0.15) is 61.8 Å². The van der Waals surface area contributed by atoms with Crippen molar-refractivity contribution in [3.63, 3.8) is 0 Å². The van der Waals surface area contributed by atoms with E-state index < -0.39 is 47.5 Å². The van der Waals surface area contributed by atoms with E-state index in [1.165, 1.54) is 6.92 Å². The van der Waals surface area contributed by atoms with Crippen LogP contribution in [0.4, 0.5) is 4.79 Å². The first-order valence-electron chi connectivity index (χ1n) is 9.53.